The Hall–Kier alpha value is -1.63. The zero-order valence-electron chi connectivity index (χ0n) is 15.1. The molecule has 6 nitrogen and oxygen atoms in total. The van der Waals surface area contributed by atoms with Crippen molar-refractivity contribution >= 4 is 29.9 Å². The molecule has 2 aliphatic rings. The Morgan fingerprint density at radius 3 is 2.73 bits per heavy atom. The Bertz CT molecular complexity index is 634. The van der Waals surface area contributed by atoms with Crippen LogP contribution in [0.15, 0.2) is 24.3 Å². The van der Waals surface area contributed by atoms with Gasteiger partial charge in [0.05, 0.1) is 12.1 Å². The highest BCUT2D eigenvalue weighted by molar-refractivity contribution is 5.95. The summed E-state index contributed by atoms with van der Waals surface area (Å²) >= 11 is 0. The van der Waals surface area contributed by atoms with Crippen LogP contribution in [0.2, 0.25) is 0 Å². The van der Waals surface area contributed by atoms with E-state index in [9.17, 15) is 9.59 Å². The number of anilines is 1. The molecule has 7 heteroatoms. The maximum atomic E-state index is 12.5. The van der Waals surface area contributed by atoms with E-state index >= 15 is 0 Å². The molecule has 2 saturated heterocycles. The van der Waals surface area contributed by atoms with Gasteiger partial charge in [-0.2, -0.15) is 0 Å². The molecule has 2 amide bonds. The number of carbonyl (C=O) groups excluding carboxylic acids is 2. The maximum Gasteiger partial charge on any atom is 0.237 e. The lowest BCUT2D eigenvalue weighted by atomic mass is 9.91. The Labute approximate surface area is 160 Å². The molecule has 144 valence electrons. The summed E-state index contributed by atoms with van der Waals surface area (Å²) in [6.07, 6.45) is 3.16. The average Bonchev–Trinajstić information content (AvgIpc) is 3.07. The largest absolute Gasteiger partial charge is 0.381 e. The third-order valence-corrected chi connectivity index (χ3v) is 5.19. The third-order valence-electron chi connectivity index (χ3n) is 5.19. The van der Waals surface area contributed by atoms with E-state index in [1.54, 1.807) is 0 Å². The van der Waals surface area contributed by atoms with Crippen LogP contribution in [0.5, 0.6) is 0 Å². The third kappa shape index (κ3) is 4.75. The summed E-state index contributed by atoms with van der Waals surface area (Å²) < 4.78 is 5.33. The van der Waals surface area contributed by atoms with Crippen LogP contribution in [-0.2, 0) is 14.3 Å². The highest BCUT2D eigenvalue weighted by Gasteiger charge is 2.28. The zero-order valence-corrected chi connectivity index (χ0v) is 16.0. The van der Waals surface area contributed by atoms with Crippen molar-refractivity contribution in [3.05, 3.63) is 29.8 Å². The van der Waals surface area contributed by atoms with Gasteiger partial charge in [-0.15, -0.1) is 12.4 Å². The molecule has 1 aromatic rings. The standard InChI is InChI=1S/C19H27N3O3.ClH/c1-13(21-19(24)18(20)14-7-10-25-11-8-14)15-4-2-5-16(12-15)22-9-3-6-17(22)23;/h2,4-5,12-14,18H,3,6-11,20H2,1H3,(H,21,24);1H. The smallest absolute Gasteiger partial charge is 0.237 e. The minimum absolute atomic E-state index is 0. The lowest BCUT2D eigenvalue weighted by Gasteiger charge is -2.28. The molecule has 0 radical (unpaired) electrons. The molecule has 0 aromatic heterocycles. The average molecular weight is 382 g/mol. The number of carbonyl (C=O) groups is 2. The van der Waals surface area contributed by atoms with Gasteiger partial charge >= 0.3 is 0 Å². The molecule has 2 aliphatic heterocycles. The van der Waals surface area contributed by atoms with Gasteiger partial charge in [0.25, 0.3) is 0 Å². The highest BCUT2D eigenvalue weighted by Crippen LogP contribution is 2.25. The van der Waals surface area contributed by atoms with E-state index in [1.807, 2.05) is 36.1 Å². The highest BCUT2D eigenvalue weighted by atomic mass is 35.5. The Morgan fingerprint density at radius 1 is 1.35 bits per heavy atom. The molecular weight excluding hydrogens is 354 g/mol. The van der Waals surface area contributed by atoms with Crippen LogP contribution in [-0.4, -0.2) is 37.6 Å². The van der Waals surface area contributed by atoms with Crippen molar-refractivity contribution in [3.8, 4) is 0 Å². The SMILES string of the molecule is CC(NC(=O)C(N)C1CCOCC1)c1cccc(N2CCCC2=O)c1.Cl. The predicted molar refractivity (Wildman–Crippen MR) is 103 cm³/mol. The number of nitrogens with one attached hydrogen (secondary N) is 1. The molecule has 3 N–H and O–H groups in total. The number of rotatable bonds is 5. The summed E-state index contributed by atoms with van der Waals surface area (Å²) in [7, 11) is 0. The van der Waals surface area contributed by atoms with Crippen LogP contribution in [0.1, 0.15) is 44.2 Å². The second-order valence-electron chi connectivity index (χ2n) is 6.95. The van der Waals surface area contributed by atoms with Crippen LogP contribution < -0.4 is 16.0 Å². The minimum Gasteiger partial charge on any atom is -0.381 e. The zero-order chi connectivity index (χ0) is 17.8. The molecule has 26 heavy (non-hydrogen) atoms. The van der Waals surface area contributed by atoms with Gasteiger partial charge in [-0.05, 0) is 49.8 Å². The lowest BCUT2D eigenvalue weighted by Crippen LogP contribution is -2.47. The van der Waals surface area contributed by atoms with E-state index < -0.39 is 6.04 Å². The molecule has 2 fully saturated rings. The Kier molecular flexibility index (Phi) is 7.43. The summed E-state index contributed by atoms with van der Waals surface area (Å²) in [4.78, 5) is 26.2. The monoisotopic (exact) mass is 381 g/mol. The Balaban J connectivity index is 0.00000243. The molecule has 3 rings (SSSR count). The molecule has 0 bridgehead atoms. The summed E-state index contributed by atoms with van der Waals surface area (Å²) in [6, 6.07) is 7.15. The van der Waals surface area contributed by atoms with Gasteiger partial charge in [0.1, 0.15) is 0 Å². The summed E-state index contributed by atoms with van der Waals surface area (Å²) in [5.74, 6) is 0.215. The molecule has 0 spiro atoms. The van der Waals surface area contributed by atoms with E-state index in [2.05, 4.69) is 5.32 Å². The molecule has 0 saturated carbocycles. The van der Waals surface area contributed by atoms with Crippen molar-refractivity contribution in [2.24, 2.45) is 11.7 Å². The van der Waals surface area contributed by atoms with E-state index in [0.717, 1.165) is 37.1 Å². The van der Waals surface area contributed by atoms with Crippen LogP contribution in [0.25, 0.3) is 0 Å². The van der Waals surface area contributed by atoms with Crippen molar-refractivity contribution in [3.63, 3.8) is 0 Å². The topological polar surface area (TPSA) is 84.7 Å². The number of hydrogen-bond acceptors (Lipinski definition) is 4. The molecule has 0 aliphatic carbocycles. The van der Waals surface area contributed by atoms with Gasteiger partial charge < -0.3 is 20.7 Å². The van der Waals surface area contributed by atoms with Gasteiger partial charge in [-0.25, -0.2) is 0 Å². The van der Waals surface area contributed by atoms with Crippen molar-refractivity contribution < 1.29 is 14.3 Å². The van der Waals surface area contributed by atoms with Crippen molar-refractivity contribution in [1.29, 1.82) is 0 Å². The minimum atomic E-state index is -0.505. The molecule has 1 aromatic carbocycles. The first kappa shape index (κ1) is 20.7. The van der Waals surface area contributed by atoms with Gasteiger partial charge in [-0.1, -0.05) is 12.1 Å². The fraction of sp³-hybridized carbons (Fsp3) is 0.579. The van der Waals surface area contributed by atoms with Crippen molar-refractivity contribution in [2.75, 3.05) is 24.7 Å². The predicted octanol–water partition coefficient (Wildman–Crippen LogP) is 2.17. The Morgan fingerprint density at radius 2 is 2.08 bits per heavy atom. The van der Waals surface area contributed by atoms with E-state index in [0.29, 0.717) is 19.6 Å². The number of benzene rings is 1. The number of nitrogens with two attached hydrogens (primary N) is 1. The van der Waals surface area contributed by atoms with Crippen LogP contribution in [0, 0.1) is 5.92 Å². The first-order chi connectivity index (χ1) is 12.1. The van der Waals surface area contributed by atoms with Crippen LogP contribution in [0.4, 0.5) is 5.69 Å². The number of amides is 2. The summed E-state index contributed by atoms with van der Waals surface area (Å²) in [5, 5.41) is 3.01. The van der Waals surface area contributed by atoms with Crippen molar-refractivity contribution in [1.82, 2.24) is 5.32 Å². The second kappa shape index (κ2) is 9.35. The van der Waals surface area contributed by atoms with Crippen molar-refractivity contribution in [2.45, 2.75) is 44.7 Å². The van der Waals surface area contributed by atoms with E-state index in [-0.39, 0.29) is 36.2 Å². The molecule has 2 heterocycles. The van der Waals surface area contributed by atoms with E-state index in [4.69, 9.17) is 10.5 Å². The molecule has 2 atom stereocenters. The number of hydrogen-bond donors (Lipinski definition) is 2. The quantitative estimate of drug-likeness (QED) is 0.818. The normalized spacial score (nSPS) is 20.4. The van der Waals surface area contributed by atoms with Gasteiger partial charge in [-0.3, -0.25) is 9.59 Å². The maximum absolute atomic E-state index is 12.5. The number of ether oxygens (including phenoxy) is 1. The molecular formula is C19H28ClN3O3. The first-order valence-electron chi connectivity index (χ1n) is 9.10. The van der Waals surface area contributed by atoms with Crippen LogP contribution >= 0.6 is 12.4 Å². The lowest BCUT2D eigenvalue weighted by molar-refractivity contribution is -0.125. The second-order valence-corrected chi connectivity index (χ2v) is 6.95. The number of halogens is 1. The van der Waals surface area contributed by atoms with Crippen LogP contribution in [0.3, 0.4) is 0 Å². The fourth-order valence-electron chi connectivity index (χ4n) is 3.57. The fourth-order valence-corrected chi connectivity index (χ4v) is 3.57. The van der Waals surface area contributed by atoms with Gasteiger partial charge in [0, 0.05) is 31.9 Å². The number of nitrogens with zero attached hydrogens (tertiary/aromatic N) is 1. The molecule has 2 unspecified atom stereocenters. The van der Waals surface area contributed by atoms with Gasteiger partial charge in [0.15, 0.2) is 0 Å². The summed E-state index contributed by atoms with van der Waals surface area (Å²) in [5.41, 5.74) is 8.02. The first-order valence-corrected chi connectivity index (χ1v) is 9.10. The van der Waals surface area contributed by atoms with Gasteiger partial charge in [0.2, 0.25) is 11.8 Å². The van der Waals surface area contributed by atoms with E-state index in [1.165, 1.54) is 0 Å². The summed E-state index contributed by atoms with van der Waals surface area (Å²) in [6.45, 7) is 4.05.